The molecule has 0 amide bonds. The van der Waals surface area contributed by atoms with Crippen LogP contribution in [-0.4, -0.2) is 48.1 Å². The van der Waals surface area contributed by atoms with Crippen LogP contribution in [0.3, 0.4) is 0 Å². The Morgan fingerprint density at radius 1 is 1.42 bits per heavy atom. The predicted molar refractivity (Wildman–Crippen MR) is 85.3 cm³/mol. The first-order chi connectivity index (χ1) is 11.8. The first-order valence-electron chi connectivity index (χ1n) is 8.21. The monoisotopic (exact) mass is 332 g/mol. The van der Waals surface area contributed by atoms with Crippen LogP contribution in [-0.2, 0) is 17.7 Å². The van der Waals surface area contributed by atoms with Gasteiger partial charge in [-0.05, 0) is 6.42 Å². The van der Waals surface area contributed by atoms with Crippen LogP contribution in [0.5, 0.6) is 5.75 Å². The second kappa shape index (κ2) is 6.37. The van der Waals surface area contributed by atoms with Gasteiger partial charge in [-0.25, -0.2) is 0 Å². The van der Waals surface area contributed by atoms with Crippen LogP contribution in [0.1, 0.15) is 23.9 Å². The highest BCUT2D eigenvalue weighted by molar-refractivity contribution is 5.65. The van der Waals surface area contributed by atoms with E-state index in [1.54, 1.807) is 11.7 Å². The van der Waals surface area contributed by atoms with Gasteiger partial charge in [0.15, 0.2) is 5.82 Å². The van der Waals surface area contributed by atoms with Gasteiger partial charge in [-0.1, -0.05) is 5.16 Å². The Kier molecular flexibility index (Phi) is 4.07. The van der Waals surface area contributed by atoms with Crippen molar-refractivity contribution in [1.29, 1.82) is 0 Å². The van der Waals surface area contributed by atoms with E-state index < -0.39 is 0 Å². The lowest BCUT2D eigenvalue weighted by Gasteiger charge is -2.15. The van der Waals surface area contributed by atoms with Gasteiger partial charge in [-0.15, -0.1) is 0 Å². The fraction of sp³-hybridized carbons (Fsp3) is 0.562. The molecule has 0 aliphatic carbocycles. The molecule has 4 heterocycles. The molecule has 8 heteroatoms. The number of aromatic nitrogens is 3. The normalized spacial score (nSPS) is 20.6. The highest BCUT2D eigenvalue weighted by atomic mass is 16.5. The summed E-state index contributed by atoms with van der Waals surface area (Å²) in [5.74, 6) is 1.70. The SMILES string of the molecule is COc1cc(=O)n2c(c1-c1nc([C@@H]3CCOC3)no1)CCNCC2. The highest BCUT2D eigenvalue weighted by Gasteiger charge is 2.27. The Morgan fingerprint density at radius 2 is 2.33 bits per heavy atom. The molecule has 1 saturated heterocycles. The van der Waals surface area contributed by atoms with E-state index in [1.807, 2.05) is 0 Å². The number of rotatable bonds is 3. The van der Waals surface area contributed by atoms with Crippen molar-refractivity contribution in [3.8, 4) is 17.2 Å². The summed E-state index contributed by atoms with van der Waals surface area (Å²) < 4.78 is 18.1. The standard InChI is InChI=1S/C16H20N4O4/c1-22-12-8-13(21)20-6-5-17-4-2-11(20)14(12)16-18-15(19-24-16)10-3-7-23-9-10/h8,10,17H,2-7,9H2,1H3/t10-/m1/s1. The van der Waals surface area contributed by atoms with Crippen LogP contribution < -0.4 is 15.6 Å². The van der Waals surface area contributed by atoms with Crippen LogP contribution in [0.4, 0.5) is 0 Å². The van der Waals surface area contributed by atoms with Crippen molar-refractivity contribution in [2.45, 2.75) is 25.3 Å². The van der Waals surface area contributed by atoms with E-state index in [9.17, 15) is 4.79 Å². The van der Waals surface area contributed by atoms with Crippen molar-refractivity contribution in [3.63, 3.8) is 0 Å². The van der Waals surface area contributed by atoms with E-state index >= 15 is 0 Å². The maximum atomic E-state index is 12.4. The lowest BCUT2D eigenvalue weighted by atomic mass is 10.1. The van der Waals surface area contributed by atoms with Gasteiger partial charge in [-0.3, -0.25) is 4.79 Å². The molecule has 1 atom stereocenters. The molecule has 1 fully saturated rings. The van der Waals surface area contributed by atoms with Crippen molar-refractivity contribution >= 4 is 0 Å². The van der Waals surface area contributed by atoms with Crippen LogP contribution >= 0.6 is 0 Å². The molecule has 0 saturated carbocycles. The molecule has 2 aliphatic heterocycles. The van der Waals surface area contributed by atoms with Crippen LogP contribution in [0.25, 0.3) is 11.5 Å². The molecule has 2 aromatic rings. The van der Waals surface area contributed by atoms with E-state index in [2.05, 4.69) is 15.5 Å². The first kappa shape index (κ1) is 15.3. The third-order valence-electron chi connectivity index (χ3n) is 4.60. The van der Waals surface area contributed by atoms with E-state index in [0.29, 0.717) is 37.0 Å². The number of ether oxygens (including phenoxy) is 2. The van der Waals surface area contributed by atoms with E-state index in [0.717, 1.165) is 37.4 Å². The largest absolute Gasteiger partial charge is 0.496 e. The summed E-state index contributed by atoms with van der Waals surface area (Å²) in [5, 5.41) is 7.42. The summed E-state index contributed by atoms with van der Waals surface area (Å²) in [6.45, 7) is 3.50. The number of hydrogen-bond acceptors (Lipinski definition) is 7. The van der Waals surface area contributed by atoms with Gasteiger partial charge in [0.25, 0.3) is 11.4 Å². The van der Waals surface area contributed by atoms with Crippen LogP contribution in [0.2, 0.25) is 0 Å². The Labute approximate surface area is 138 Å². The molecule has 0 aromatic carbocycles. The van der Waals surface area contributed by atoms with Gasteiger partial charge >= 0.3 is 0 Å². The lowest BCUT2D eigenvalue weighted by Crippen LogP contribution is -2.25. The summed E-state index contributed by atoms with van der Waals surface area (Å²) in [6.07, 6.45) is 1.60. The maximum Gasteiger partial charge on any atom is 0.263 e. The first-order valence-corrected chi connectivity index (χ1v) is 8.21. The highest BCUT2D eigenvalue weighted by Crippen LogP contribution is 2.33. The third kappa shape index (κ3) is 2.61. The van der Waals surface area contributed by atoms with E-state index in [1.165, 1.54) is 6.07 Å². The van der Waals surface area contributed by atoms with Crippen molar-refractivity contribution in [2.24, 2.45) is 0 Å². The smallest absolute Gasteiger partial charge is 0.263 e. The molecule has 0 bridgehead atoms. The molecule has 2 aromatic heterocycles. The number of methoxy groups -OCH3 is 1. The molecule has 1 N–H and O–H groups in total. The van der Waals surface area contributed by atoms with Crippen molar-refractivity contribution in [2.75, 3.05) is 33.4 Å². The molecule has 0 radical (unpaired) electrons. The van der Waals surface area contributed by atoms with Gasteiger partial charge in [-0.2, -0.15) is 4.98 Å². The molecular formula is C16H20N4O4. The summed E-state index contributed by atoms with van der Waals surface area (Å²) >= 11 is 0. The van der Waals surface area contributed by atoms with Crippen LogP contribution in [0, 0.1) is 0 Å². The summed E-state index contributed by atoms with van der Waals surface area (Å²) in [6, 6.07) is 1.49. The average molecular weight is 332 g/mol. The number of nitrogens with one attached hydrogen (secondary N) is 1. The van der Waals surface area contributed by atoms with Gasteiger partial charge in [0.1, 0.15) is 11.3 Å². The van der Waals surface area contributed by atoms with Gasteiger partial charge in [0.05, 0.1) is 13.7 Å². The second-order valence-electron chi connectivity index (χ2n) is 6.04. The fourth-order valence-corrected chi connectivity index (χ4v) is 3.33. The summed E-state index contributed by atoms with van der Waals surface area (Å²) in [7, 11) is 1.55. The summed E-state index contributed by atoms with van der Waals surface area (Å²) in [4.78, 5) is 16.9. The van der Waals surface area contributed by atoms with E-state index in [-0.39, 0.29) is 11.5 Å². The number of fused-ring (bicyclic) bond motifs is 1. The second-order valence-corrected chi connectivity index (χ2v) is 6.04. The Hall–Kier alpha value is -2.19. The predicted octanol–water partition coefficient (Wildman–Crippen LogP) is 0.556. The minimum Gasteiger partial charge on any atom is -0.496 e. The molecule has 8 nitrogen and oxygen atoms in total. The molecule has 24 heavy (non-hydrogen) atoms. The lowest BCUT2D eigenvalue weighted by molar-refractivity contribution is 0.192. The minimum absolute atomic E-state index is 0.0711. The van der Waals surface area contributed by atoms with Crippen molar-refractivity contribution in [3.05, 3.63) is 27.9 Å². The maximum absolute atomic E-state index is 12.4. The topological polar surface area (TPSA) is 91.4 Å². The van der Waals surface area contributed by atoms with Gasteiger partial charge in [0, 0.05) is 50.3 Å². The van der Waals surface area contributed by atoms with E-state index in [4.69, 9.17) is 14.0 Å². The molecule has 0 unspecified atom stereocenters. The Bertz CT molecular complexity index is 792. The van der Waals surface area contributed by atoms with Crippen molar-refractivity contribution in [1.82, 2.24) is 20.0 Å². The molecule has 4 rings (SSSR count). The molecular weight excluding hydrogens is 312 g/mol. The molecule has 2 aliphatic rings. The third-order valence-corrected chi connectivity index (χ3v) is 4.60. The molecule has 128 valence electrons. The van der Waals surface area contributed by atoms with Gasteiger partial charge in [0.2, 0.25) is 0 Å². The quantitative estimate of drug-likeness (QED) is 0.878. The van der Waals surface area contributed by atoms with Gasteiger partial charge < -0.3 is 23.9 Å². The fourth-order valence-electron chi connectivity index (χ4n) is 3.33. The Balaban J connectivity index is 1.83. The zero-order valence-electron chi connectivity index (χ0n) is 13.6. The number of nitrogens with zero attached hydrogens (tertiary/aromatic N) is 3. The number of pyridine rings is 1. The van der Waals surface area contributed by atoms with Crippen LogP contribution in [0.15, 0.2) is 15.4 Å². The zero-order chi connectivity index (χ0) is 16.5. The number of hydrogen-bond donors (Lipinski definition) is 1. The zero-order valence-corrected chi connectivity index (χ0v) is 13.6. The minimum atomic E-state index is -0.0711. The van der Waals surface area contributed by atoms with Crippen molar-refractivity contribution < 1.29 is 14.0 Å². The molecule has 0 spiro atoms. The Morgan fingerprint density at radius 3 is 3.12 bits per heavy atom. The average Bonchev–Trinajstić information content (AvgIpc) is 3.22. The summed E-state index contributed by atoms with van der Waals surface area (Å²) in [5.41, 5.74) is 1.53.